The van der Waals surface area contributed by atoms with Gasteiger partial charge in [-0.1, -0.05) is 30.3 Å². The zero-order valence-electron chi connectivity index (χ0n) is 15.3. The molecule has 1 aromatic heterocycles. The lowest BCUT2D eigenvalue weighted by molar-refractivity contribution is 0.0600. The van der Waals surface area contributed by atoms with Gasteiger partial charge in [0.25, 0.3) is 0 Å². The summed E-state index contributed by atoms with van der Waals surface area (Å²) >= 11 is 0. The van der Waals surface area contributed by atoms with Crippen molar-refractivity contribution in [1.82, 2.24) is 15.1 Å². The Labute approximate surface area is 153 Å². The number of aromatic nitrogens is 2. The number of benzene rings is 2. The summed E-state index contributed by atoms with van der Waals surface area (Å²) in [5.41, 5.74) is 5.01. The predicted molar refractivity (Wildman–Crippen MR) is 101 cm³/mol. The molecule has 3 aromatic rings. The highest BCUT2D eigenvalue weighted by Gasteiger charge is 2.14. The third-order valence-corrected chi connectivity index (χ3v) is 4.50. The van der Waals surface area contributed by atoms with Gasteiger partial charge in [0.1, 0.15) is 0 Å². The van der Waals surface area contributed by atoms with Crippen molar-refractivity contribution in [1.29, 1.82) is 0 Å². The number of rotatable bonds is 6. The summed E-state index contributed by atoms with van der Waals surface area (Å²) in [6.07, 6.45) is 1.92. The predicted octanol–water partition coefficient (Wildman–Crippen LogP) is 3.82. The molecule has 5 heteroatoms. The lowest BCUT2D eigenvalue weighted by Crippen LogP contribution is -2.18. The molecule has 0 aliphatic heterocycles. The molecule has 26 heavy (non-hydrogen) atoms. The van der Waals surface area contributed by atoms with Crippen LogP contribution in [0.3, 0.4) is 0 Å². The molecule has 0 fully saturated rings. The molecule has 0 bridgehead atoms. The van der Waals surface area contributed by atoms with Gasteiger partial charge in [0.15, 0.2) is 0 Å². The highest BCUT2D eigenvalue weighted by atomic mass is 16.5. The van der Waals surface area contributed by atoms with Crippen LogP contribution in [-0.4, -0.2) is 22.9 Å². The van der Waals surface area contributed by atoms with Crippen molar-refractivity contribution in [3.05, 3.63) is 83.2 Å². The van der Waals surface area contributed by atoms with Gasteiger partial charge in [-0.25, -0.2) is 9.48 Å². The first-order valence-corrected chi connectivity index (χ1v) is 8.60. The Hall–Kier alpha value is -2.92. The van der Waals surface area contributed by atoms with Crippen LogP contribution in [-0.2, 0) is 11.3 Å². The fraction of sp³-hybridized carbons (Fsp3) is 0.238. The van der Waals surface area contributed by atoms with E-state index in [2.05, 4.69) is 24.3 Å². The first kappa shape index (κ1) is 17.9. The molecule has 2 aromatic carbocycles. The van der Waals surface area contributed by atoms with E-state index in [0.717, 1.165) is 16.9 Å². The van der Waals surface area contributed by atoms with Crippen LogP contribution in [0.25, 0.3) is 5.69 Å². The van der Waals surface area contributed by atoms with Crippen LogP contribution in [0.1, 0.15) is 40.1 Å². The van der Waals surface area contributed by atoms with Crippen molar-refractivity contribution in [2.24, 2.45) is 0 Å². The maximum Gasteiger partial charge on any atom is 0.337 e. The molecule has 1 heterocycles. The molecule has 1 atom stereocenters. The standard InChI is InChI=1S/C21H23N3O2/c1-15(22-13-17-9-11-18(12-10-17)21(25)26-3)20-14-23-24(16(20)2)19-7-5-4-6-8-19/h4-12,14-15,22H,13H2,1-3H3/t15-/m1/s1. The number of nitrogens with one attached hydrogen (secondary N) is 1. The number of carbonyl (C=O) groups is 1. The Balaban J connectivity index is 1.66. The fourth-order valence-electron chi connectivity index (χ4n) is 2.93. The first-order valence-electron chi connectivity index (χ1n) is 8.60. The number of esters is 1. The minimum Gasteiger partial charge on any atom is -0.465 e. The van der Waals surface area contributed by atoms with E-state index in [0.29, 0.717) is 12.1 Å². The Bertz CT molecular complexity index is 870. The van der Waals surface area contributed by atoms with Crippen molar-refractivity contribution in [3.8, 4) is 5.69 Å². The van der Waals surface area contributed by atoms with Gasteiger partial charge >= 0.3 is 5.97 Å². The minimum atomic E-state index is -0.318. The van der Waals surface area contributed by atoms with Crippen LogP contribution in [0.15, 0.2) is 60.8 Å². The van der Waals surface area contributed by atoms with E-state index in [-0.39, 0.29) is 12.0 Å². The largest absolute Gasteiger partial charge is 0.465 e. The summed E-state index contributed by atoms with van der Waals surface area (Å²) in [5.74, 6) is -0.318. The number of carbonyl (C=O) groups excluding carboxylic acids is 1. The number of hydrogen-bond donors (Lipinski definition) is 1. The van der Waals surface area contributed by atoms with Crippen LogP contribution in [0, 0.1) is 6.92 Å². The molecule has 0 spiro atoms. The normalized spacial score (nSPS) is 12.0. The van der Waals surface area contributed by atoms with Gasteiger partial charge in [0, 0.05) is 23.8 Å². The van der Waals surface area contributed by atoms with Gasteiger partial charge in [-0.05, 0) is 43.7 Å². The molecule has 0 radical (unpaired) electrons. The number of para-hydroxylation sites is 1. The van der Waals surface area contributed by atoms with E-state index in [9.17, 15) is 4.79 Å². The SMILES string of the molecule is COC(=O)c1ccc(CN[C@H](C)c2cnn(-c3ccccc3)c2C)cc1. The molecule has 0 aliphatic rings. The molecule has 0 saturated heterocycles. The van der Waals surface area contributed by atoms with Crippen LogP contribution in [0.5, 0.6) is 0 Å². The first-order chi connectivity index (χ1) is 12.6. The quantitative estimate of drug-likeness (QED) is 0.688. The summed E-state index contributed by atoms with van der Waals surface area (Å²) in [7, 11) is 1.39. The Morgan fingerprint density at radius 1 is 1.15 bits per heavy atom. The molecule has 0 amide bonds. The van der Waals surface area contributed by atoms with Crippen molar-refractivity contribution < 1.29 is 9.53 Å². The van der Waals surface area contributed by atoms with Gasteiger partial charge in [-0.3, -0.25) is 0 Å². The second kappa shape index (κ2) is 7.97. The van der Waals surface area contributed by atoms with Crippen LogP contribution >= 0.6 is 0 Å². The lowest BCUT2D eigenvalue weighted by atomic mass is 10.1. The average molecular weight is 349 g/mol. The zero-order valence-corrected chi connectivity index (χ0v) is 15.3. The van der Waals surface area contributed by atoms with E-state index in [1.54, 1.807) is 12.1 Å². The van der Waals surface area contributed by atoms with Gasteiger partial charge in [0.05, 0.1) is 24.6 Å². The smallest absolute Gasteiger partial charge is 0.337 e. The van der Waals surface area contributed by atoms with E-state index in [4.69, 9.17) is 4.74 Å². The number of nitrogens with zero attached hydrogens (tertiary/aromatic N) is 2. The molecule has 3 rings (SSSR count). The van der Waals surface area contributed by atoms with Crippen LogP contribution < -0.4 is 5.32 Å². The molecular formula is C21H23N3O2. The molecule has 0 unspecified atom stereocenters. The van der Waals surface area contributed by atoms with Crippen LogP contribution in [0.2, 0.25) is 0 Å². The Kier molecular flexibility index (Phi) is 5.49. The Morgan fingerprint density at radius 3 is 2.50 bits per heavy atom. The van der Waals surface area contributed by atoms with E-state index < -0.39 is 0 Å². The molecule has 0 saturated carbocycles. The monoisotopic (exact) mass is 349 g/mol. The van der Waals surface area contributed by atoms with Gasteiger partial charge in [0.2, 0.25) is 0 Å². The number of methoxy groups -OCH3 is 1. The third-order valence-electron chi connectivity index (χ3n) is 4.50. The van der Waals surface area contributed by atoms with Gasteiger partial charge < -0.3 is 10.1 Å². The zero-order chi connectivity index (χ0) is 18.5. The highest BCUT2D eigenvalue weighted by molar-refractivity contribution is 5.89. The molecule has 1 N–H and O–H groups in total. The third kappa shape index (κ3) is 3.83. The summed E-state index contributed by atoms with van der Waals surface area (Å²) in [6.45, 7) is 4.92. The highest BCUT2D eigenvalue weighted by Crippen LogP contribution is 2.20. The summed E-state index contributed by atoms with van der Waals surface area (Å²) < 4.78 is 6.68. The molecule has 134 valence electrons. The van der Waals surface area contributed by atoms with E-state index in [1.807, 2.05) is 53.3 Å². The van der Waals surface area contributed by atoms with Gasteiger partial charge in [-0.15, -0.1) is 0 Å². The van der Waals surface area contributed by atoms with E-state index >= 15 is 0 Å². The van der Waals surface area contributed by atoms with Crippen molar-refractivity contribution in [2.45, 2.75) is 26.4 Å². The minimum absolute atomic E-state index is 0.160. The topological polar surface area (TPSA) is 56.1 Å². The molecule has 5 nitrogen and oxygen atoms in total. The maximum atomic E-state index is 11.5. The average Bonchev–Trinajstić information content (AvgIpc) is 3.08. The molecular weight excluding hydrogens is 326 g/mol. The fourth-order valence-corrected chi connectivity index (χ4v) is 2.93. The number of hydrogen-bond acceptors (Lipinski definition) is 4. The second-order valence-corrected chi connectivity index (χ2v) is 6.22. The molecule has 0 aliphatic carbocycles. The maximum absolute atomic E-state index is 11.5. The van der Waals surface area contributed by atoms with Gasteiger partial charge in [-0.2, -0.15) is 5.10 Å². The van der Waals surface area contributed by atoms with E-state index in [1.165, 1.54) is 12.7 Å². The second-order valence-electron chi connectivity index (χ2n) is 6.22. The summed E-state index contributed by atoms with van der Waals surface area (Å²) in [5, 5.41) is 8.04. The summed E-state index contributed by atoms with van der Waals surface area (Å²) in [6, 6.07) is 17.7. The van der Waals surface area contributed by atoms with Crippen molar-refractivity contribution >= 4 is 5.97 Å². The summed E-state index contributed by atoms with van der Waals surface area (Å²) in [4.78, 5) is 11.5. The number of ether oxygens (including phenoxy) is 1. The van der Waals surface area contributed by atoms with Crippen molar-refractivity contribution in [3.63, 3.8) is 0 Å². The Morgan fingerprint density at radius 2 is 1.85 bits per heavy atom. The van der Waals surface area contributed by atoms with Crippen LogP contribution in [0.4, 0.5) is 0 Å². The van der Waals surface area contributed by atoms with Crippen molar-refractivity contribution in [2.75, 3.05) is 7.11 Å². The lowest BCUT2D eigenvalue weighted by Gasteiger charge is -2.14.